The quantitative estimate of drug-likeness (QED) is 0.505. The number of aromatic nitrogens is 8. The Bertz CT molecular complexity index is 1020. The predicted molar refractivity (Wildman–Crippen MR) is 90.3 cm³/mol. The van der Waals surface area contributed by atoms with Gasteiger partial charge in [-0.15, -0.1) is 0 Å². The third kappa shape index (κ3) is 2.31. The van der Waals surface area contributed by atoms with Crippen LogP contribution < -0.4 is 10.4 Å². The molecule has 0 amide bonds. The van der Waals surface area contributed by atoms with Gasteiger partial charge in [0.1, 0.15) is 11.2 Å². The molecule has 0 atom stereocenters. The molecule has 5 rings (SSSR count). The number of hydrogen-bond acceptors (Lipinski definition) is 8. The zero-order valence-electron chi connectivity index (χ0n) is 13.1. The topological polar surface area (TPSA) is 124 Å². The van der Waals surface area contributed by atoms with E-state index in [0.29, 0.717) is 22.9 Å². The monoisotopic (exact) mass is 334 g/mol. The third-order valence-electron chi connectivity index (χ3n) is 4.08. The Morgan fingerprint density at radius 3 is 2.92 bits per heavy atom. The van der Waals surface area contributed by atoms with Crippen molar-refractivity contribution in [1.82, 2.24) is 45.5 Å². The van der Waals surface area contributed by atoms with Gasteiger partial charge < -0.3 is 4.98 Å². The first kappa shape index (κ1) is 14.0. The number of hydrogen-bond donors (Lipinski definition) is 3. The summed E-state index contributed by atoms with van der Waals surface area (Å²) >= 11 is 0. The van der Waals surface area contributed by atoms with Crippen molar-refractivity contribution in [2.75, 3.05) is 18.1 Å². The highest BCUT2D eigenvalue weighted by atomic mass is 15.6. The number of aromatic amines is 2. The average Bonchev–Trinajstić information content (AvgIpc) is 3.40. The lowest BCUT2D eigenvalue weighted by Crippen LogP contribution is -2.31. The highest BCUT2D eigenvalue weighted by Gasteiger charge is 2.25. The van der Waals surface area contributed by atoms with Crippen LogP contribution in [0.3, 0.4) is 0 Å². The minimum absolute atomic E-state index is 0.512. The summed E-state index contributed by atoms with van der Waals surface area (Å²) in [6.07, 6.45) is 9.37. The van der Waals surface area contributed by atoms with Crippen molar-refractivity contribution < 1.29 is 0 Å². The molecule has 10 nitrogen and oxygen atoms in total. The van der Waals surface area contributed by atoms with Gasteiger partial charge in [-0.05, 0) is 6.42 Å². The zero-order chi connectivity index (χ0) is 16.6. The first-order valence-electron chi connectivity index (χ1n) is 7.92. The maximum absolute atomic E-state index is 4.52. The molecule has 4 aromatic rings. The van der Waals surface area contributed by atoms with Gasteiger partial charge in [0.15, 0.2) is 17.3 Å². The summed E-state index contributed by atoms with van der Waals surface area (Å²) in [6, 6.07) is 0. The Morgan fingerprint density at radius 2 is 2.08 bits per heavy atom. The molecule has 5 heterocycles. The first-order chi connectivity index (χ1) is 12.4. The van der Waals surface area contributed by atoms with Gasteiger partial charge in [0.2, 0.25) is 0 Å². The third-order valence-corrected chi connectivity index (χ3v) is 4.08. The summed E-state index contributed by atoms with van der Waals surface area (Å²) < 4.78 is 0. The summed E-state index contributed by atoms with van der Waals surface area (Å²) in [5.74, 6) is 1.27. The van der Waals surface area contributed by atoms with Crippen molar-refractivity contribution in [1.29, 1.82) is 0 Å². The normalized spacial score (nSPS) is 14.5. The van der Waals surface area contributed by atoms with E-state index < -0.39 is 0 Å². The number of nitrogens with one attached hydrogen (secondary N) is 3. The summed E-state index contributed by atoms with van der Waals surface area (Å²) in [4.78, 5) is 24.8. The van der Waals surface area contributed by atoms with E-state index in [0.717, 1.165) is 36.4 Å². The average molecular weight is 334 g/mol. The molecule has 0 bridgehead atoms. The van der Waals surface area contributed by atoms with Crippen molar-refractivity contribution in [3.63, 3.8) is 0 Å². The van der Waals surface area contributed by atoms with Gasteiger partial charge in [0.25, 0.3) is 0 Å². The molecule has 1 fully saturated rings. The molecular weight excluding hydrogens is 320 g/mol. The smallest absolute Gasteiger partial charge is 0.181 e. The second-order valence-corrected chi connectivity index (χ2v) is 5.63. The van der Waals surface area contributed by atoms with Gasteiger partial charge in [-0.25, -0.2) is 20.4 Å². The van der Waals surface area contributed by atoms with Crippen molar-refractivity contribution in [3.8, 4) is 22.8 Å². The van der Waals surface area contributed by atoms with Gasteiger partial charge in [0.05, 0.1) is 30.0 Å². The van der Waals surface area contributed by atoms with Crippen LogP contribution in [-0.4, -0.2) is 53.2 Å². The van der Waals surface area contributed by atoms with Crippen LogP contribution in [0.5, 0.6) is 0 Å². The minimum atomic E-state index is 0.512. The summed E-state index contributed by atoms with van der Waals surface area (Å²) in [5, 5.41) is 9.55. The number of nitrogens with zero attached hydrogens (tertiary/aromatic N) is 7. The van der Waals surface area contributed by atoms with E-state index in [-0.39, 0.29) is 0 Å². The molecule has 0 aromatic carbocycles. The van der Waals surface area contributed by atoms with Crippen molar-refractivity contribution >= 4 is 17.0 Å². The van der Waals surface area contributed by atoms with Gasteiger partial charge in [-0.2, -0.15) is 5.10 Å². The summed E-state index contributed by atoms with van der Waals surface area (Å²) in [6.45, 7) is 1.79. The van der Waals surface area contributed by atoms with Crippen LogP contribution in [0.15, 0.2) is 31.1 Å². The van der Waals surface area contributed by atoms with Crippen molar-refractivity contribution in [2.24, 2.45) is 0 Å². The van der Waals surface area contributed by atoms with Crippen LogP contribution in [0.1, 0.15) is 6.42 Å². The molecule has 0 radical (unpaired) electrons. The van der Waals surface area contributed by atoms with Crippen molar-refractivity contribution in [3.05, 3.63) is 31.1 Å². The SMILES string of the molecule is c1cnc(-c2c(N3CCCN3)n[nH]c2-c2ncc3[nH]cnc3n2)cn1. The molecule has 1 aliphatic heterocycles. The Hall–Kier alpha value is -3.40. The molecule has 10 heteroatoms. The van der Waals surface area contributed by atoms with E-state index in [2.05, 4.69) is 45.5 Å². The molecule has 3 N–H and O–H groups in total. The number of rotatable bonds is 3. The molecule has 25 heavy (non-hydrogen) atoms. The molecule has 4 aromatic heterocycles. The highest BCUT2D eigenvalue weighted by Crippen LogP contribution is 2.35. The lowest BCUT2D eigenvalue weighted by molar-refractivity contribution is 0.770. The first-order valence-corrected chi connectivity index (χ1v) is 7.92. The van der Waals surface area contributed by atoms with Crippen LogP contribution >= 0.6 is 0 Å². The maximum Gasteiger partial charge on any atom is 0.181 e. The van der Waals surface area contributed by atoms with E-state index in [1.807, 2.05) is 5.01 Å². The number of H-pyrrole nitrogens is 2. The number of fused-ring (bicyclic) bond motifs is 1. The Kier molecular flexibility index (Phi) is 3.13. The van der Waals surface area contributed by atoms with E-state index >= 15 is 0 Å². The van der Waals surface area contributed by atoms with E-state index in [9.17, 15) is 0 Å². The summed E-state index contributed by atoms with van der Waals surface area (Å²) in [5.41, 5.74) is 6.92. The number of hydrazine groups is 1. The second kappa shape index (κ2) is 5.60. The second-order valence-electron chi connectivity index (χ2n) is 5.63. The van der Waals surface area contributed by atoms with Crippen molar-refractivity contribution in [2.45, 2.75) is 6.42 Å². The lowest BCUT2D eigenvalue weighted by Gasteiger charge is -2.16. The fourth-order valence-electron chi connectivity index (χ4n) is 2.93. The van der Waals surface area contributed by atoms with Gasteiger partial charge in [-0.1, -0.05) is 0 Å². The van der Waals surface area contributed by atoms with Gasteiger partial charge >= 0.3 is 0 Å². The van der Waals surface area contributed by atoms with E-state index in [1.165, 1.54) is 0 Å². The van der Waals surface area contributed by atoms with Crippen LogP contribution in [-0.2, 0) is 0 Å². The Labute approximate surface area is 141 Å². The van der Waals surface area contributed by atoms with Crippen LogP contribution in [0, 0.1) is 0 Å². The van der Waals surface area contributed by atoms with Crippen LogP contribution in [0.4, 0.5) is 5.82 Å². The molecule has 0 aliphatic carbocycles. The molecule has 1 saturated heterocycles. The highest BCUT2D eigenvalue weighted by molar-refractivity contribution is 5.86. The van der Waals surface area contributed by atoms with Crippen LogP contribution in [0.2, 0.25) is 0 Å². The lowest BCUT2D eigenvalue weighted by atomic mass is 10.1. The van der Waals surface area contributed by atoms with E-state index in [4.69, 9.17) is 0 Å². The number of imidazole rings is 1. The zero-order valence-corrected chi connectivity index (χ0v) is 13.1. The van der Waals surface area contributed by atoms with Gasteiger partial charge in [0, 0.05) is 25.5 Å². The Balaban J connectivity index is 1.70. The molecular formula is C15H14N10. The van der Waals surface area contributed by atoms with Crippen LogP contribution in [0.25, 0.3) is 33.9 Å². The fourth-order valence-corrected chi connectivity index (χ4v) is 2.93. The number of anilines is 1. The maximum atomic E-state index is 4.52. The summed E-state index contributed by atoms with van der Waals surface area (Å²) in [7, 11) is 0. The molecule has 0 spiro atoms. The molecule has 0 saturated carbocycles. The van der Waals surface area contributed by atoms with Gasteiger partial charge in [-0.3, -0.25) is 20.1 Å². The molecule has 0 unspecified atom stereocenters. The molecule has 1 aliphatic rings. The predicted octanol–water partition coefficient (Wildman–Crippen LogP) is 0.915. The standard InChI is InChI=1S/C15H14N10/c1-2-21-25(5-1)15-11(9-6-16-3-4-17-9)12(23-24-15)14-18-7-10-13(22-14)20-8-19-10/h3-4,6-8,21H,1-2,5H2,(H,23,24)(H,18,19,20,22). The minimum Gasteiger partial charge on any atom is -0.342 e. The largest absolute Gasteiger partial charge is 0.342 e. The van der Waals surface area contributed by atoms with E-state index in [1.54, 1.807) is 31.1 Å². The Morgan fingerprint density at radius 1 is 1.08 bits per heavy atom. The molecule has 124 valence electrons. The fraction of sp³-hybridized carbons (Fsp3) is 0.200.